The van der Waals surface area contributed by atoms with Crippen LogP contribution in [0.4, 0.5) is 4.79 Å². The topological polar surface area (TPSA) is 91.7 Å². The molecule has 0 rings (SSSR count). The standard InChI is InChI=1S/CH2O3.Ca.O.Ti/c2-1(3)4;;;/h(H2,2,3,4);;;/q;+2;-2;+4/p-2. The third-order valence-electron chi connectivity index (χ3n) is 0. The third kappa shape index (κ3) is 135. The zero-order valence-electron chi connectivity index (χ0n) is 3.34. The van der Waals surface area contributed by atoms with Crippen LogP contribution in [0.15, 0.2) is 0 Å². The van der Waals surface area contributed by atoms with E-state index in [0.29, 0.717) is 0 Å². The molecule has 0 aliphatic rings. The third-order valence-corrected chi connectivity index (χ3v) is 0. The Labute approximate surface area is 85.1 Å². The van der Waals surface area contributed by atoms with E-state index in [0.717, 1.165) is 0 Å². The van der Waals surface area contributed by atoms with Gasteiger partial charge in [0.2, 0.25) is 0 Å². The summed E-state index contributed by atoms with van der Waals surface area (Å²) in [5.74, 6) is 0. The molecule has 7 heavy (non-hydrogen) atoms. The van der Waals surface area contributed by atoms with Gasteiger partial charge in [-0.3, -0.25) is 0 Å². The van der Waals surface area contributed by atoms with Crippen LogP contribution in [0.3, 0.4) is 0 Å². The monoisotopic (exact) mass is 164 g/mol. The second kappa shape index (κ2) is 15.7. The van der Waals surface area contributed by atoms with Crippen molar-refractivity contribution < 1.29 is 42.2 Å². The Morgan fingerprint density at radius 2 is 1.29 bits per heavy atom. The van der Waals surface area contributed by atoms with Gasteiger partial charge in [-0.2, -0.15) is 0 Å². The molecule has 0 heterocycles. The van der Waals surface area contributed by atoms with Gasteiger partial charge in [0.15, 0.2) is 0 Å². The van der Waals surface area contributed by atoms with Gasteiger partial charge < -0.3 is 20.5 Å². The number of hydrogen-bond donors (Lipinski definition) is 0. The van der Waals surface area contributed by atoms with Crippen LogP contribution < -0.4 is 10.2 Å². The molecule has 0 spiro atoms. The van der Waals surface area contributed by atoms with E-state index < -0.39 is 6.16 Å². The predicted octanol–water partition coefficient (Wildman–Crippen LogP) is -2.95. The SMILES string of the molecule is O=C([O-])[O-].[Ca+2].[O-2].[Ti+4]. The molecule has 6 heteroatoms. The van der Waals surface area contributed by atoms with Crippen molar-refractivity contribution in [3.63, 3.8) is 0 Å². The number of hydrogen-bond acceptors (Lipinski definition) is 3. The molecule has 0 radical (unpaired) electrons. The molecule has 4 nitrogen and oxygen atoms in total. The van der Waals surface area contributed by atoms with E-state index in [1.807, 2.05) is 0 Å². The average Bonchev–Trinajstić information content (AvgIpc) is 0.811. The zero-order chi connectivity index (χ0) is 3.58. The van der Waals surface area contributed by atoms with E-state index in [1.165, 1.54) is 0 Å². The van der Waals surface area contributed by atoms with Gasteiger partial charge in [0.25, 0.3) is 0 Å². The van der Waals surface area contributed by atoms with E-state index in [4.69, 9.17) is 15.0 Å². The second-order valence-corrected chi connectivity index (χ2v) is 0.250. The molecule has 0 amide bonds. The minimum Gasteiger partial charge on any atom is -2.00 e. The maximum absolute atomic E-state index is 8.33. The summed E-state index contributed by atoms with van der Waals surface area (Å²) in [4.78, 5) is 8.33. The Kier molecular flexibility index (Phi) is 54.0. The van der Waals surface area contributed by atoms with Gasteiger partial charge in [-0.15, -0.1) is 0 Å². The molecular formula is CCaO4Ti+2. The zero-order valence-corrected chi connectivity index (χ0v) is 7.11. The van der Waals surface area contributed by atoms with E-state index in [-0.39, 0.29) is 64.9 Å². The second-order valence-electron chi connectivity index (χ2n) is 0.250. The van der Waals surface area contributed by atoms with Gasteiger partial charge in [-0.05, 0) is 6.16 Å². The first kappa shape index (κ1) is 24.1. The molecule has 0 fully saturated rings. The van der Waals surface area contributed by atoms with Crippen LogP contribution in [0.1, 0.15) is 0 Å². The van der Waals surface area contributed by atoms with Crippen molar-refractivity contribution in [1.29, 1.82) is 0 Å². The maximum Gasteiger partial charge on any atom is 4.00 e. The number of rotatable bonds is 0. The molecule has 0 aromatic carbocycles. The van der Waals surface area contributed by atoms with Crippen LogP contribution >= 0.6 is 0 Å². The van der Waals surface area contributed by atoms with Crippen LogP contribution in [0.2, 0.25) is 0 Å². The number of carbonyl (C=O) groups is 1. The molecule has 0 aliphatic carbocycles. The van der Waals surface area contributed by atoms with Gasteiger partial charge in [-0.25, -0.2) is 0 Å². The molecule has 0 aromatic heterocycles. The van der Waals surface area contributed by atoms with Crippen molar-refractivity contribution in [1.82, 2.24) is 0 Å². The normalized spacial score (nSPS) is 3.43. The summed E-state index contributed by atoms with van der Waals surface area (Å²) in [5, 5.41) is 16.7. The largest absolute Gasteiger partial charge is 4.00 e. The van der Waals surface area contributed by atoms with Crippen LogP contribution in [0.25, 0.3) is 0 Å². The molecule has 32 valence electrons. The first-order valence-electron chi connectivity index (χ1n) is 0.612. The smallest absolute Gasteiger partial charge is 2.00 e. The van der Waals surface area contributed by atoms with Crippen molar-refractivity contribution in [2.24, 2.45) is 0 Å². The van der Waals surface area contributed by atoms with Crippen molar-refractivity contribution in [2.75, 3.05) is 0 Å². The van der Waals surface area contributed by atoms with Crippen LogP contribution in [0, 0.1) is 0 Å². The van der Waals surface area contributed by atoms with Crippen LogP contribution in [0.5, 0.6) is 0 Å². The molecular weight excluding hydrogens is 164 g/mol. The van der Waals surface area contributed by atoms with Gasteiger partial charge >= 0.3 is 59.5 Å². The minimum absolute atomic E-state index is 0. The quantitative estimate of drug-likeness (QED) is 0.358. The summed E-state index contributed by atoms with van der Waals surface area (Å²) >= 11 is 0. The van der Waals surface area contributed by atoms with E-state index in [1.54, 1.807) is 0 Å². The fourth-order valence-corrected chi connectivity index (χ4v) is 0. The van der Waals surface area contributed by atoms with Gasteiger partial charge in [0.1, 0.15) is 0 Å². The van der Waals surface area contributed by atoms with Gasteiger partial charge in [0, 0.05) is 0 Å². The van der Waals surface area contributed by atoms with Gasteiger partial charge in [0.05, 0.1) is 0 Å². The molecule has 0 unspecified atom stereocenters. The summed E-state index contributed by atoms with van der Waals surface area (Å²) in [6.45, 7) is 0. The van der Waals surface area contributed by atoms with Crippen molar-refractivity contribution >= 4 is 43.9 Å². The first-order chi connectivity index (χ1) is 1.73. The van der Waals surface area contributed by atoms with Crippen molar-refractivity contribution in [2.45, 2.75) is 0 Å². The summed E-state index contributed by atoms with van der Waals surface area (Å²) in [7, 11) is 0. The molecule has 0 saturated heterocycles. The molecule has 0 saturated carbocycles. The Morgan fingerprint density at radius 1 is 1.29 bits per heavy atom. The number of carboxylic acid groups (broad SMARTS) is 2. The summed E-state index contributed by atoms with van der Waals surface area (Å²) in [6, 6.07) is 0. The van der Waals surface area contributed by atoms with Crippen molar-refractivity contribution in [3.8, 4) is 0 Å². The summed E-state index contributed by atoms with van der Waals surface area (Å²) in [6.07, 6.45) is -2.33. The average molecular weight is 164 g/mol. The fraction of sp³-hybridized carbons (Fsp3) is 0. The molecule has 0 bridgehead atoms. The van der Waals surface area contributed by atoms with Crippen LogP contribution in [-0.4, -0.2) is 43.9 Å². The fourth-order valence-electron chi connectivity index (χ4n) is 0. The van der Waals surface area contributed by atoms with E-state index in [9.17, 15) is 0 Å². The van der Waals surface area contributed by atoms with E-state index >= 15 is 0 Å². The maximum atomic E-state index is 8.33. The molecule has 0 atom stereocenters. The molecule has 0 aromatic rings. The van der Waals surface area contributed by atoms with Gasteiger partial charge in [-0.1, -0.05) is 0 Å². The first-order valence-corrected chi connectivity index (χ1v) is 0.612. The molecule has 0 aliphatic heterocycles. The summed E-state index contributed by atoms with van der Waals surface area (Å²) < 4.78 is 0. The Morgan fingerprint density at radius 3 is 1.29 bits per heavy atom. The Balaban J connectivity index is -0.0000000150. The minimum atomic E-state index is -2.33. The number of carbonyl (C=O) groups excluding carboxylic acids is 1. The molecule has 0 N–H and O–H groups in total. The van der Waals surface area contributed by atoms with E-state index in [2.05, 4.69) is 0 Å². The predicted molar refractivity (Wildman–Crippen MR) is 11.8 cm³/mol. The summed E-state index contributed by atoms with van der Waals surface area (Å²) in [5.41, 5.74) is 0. The van der Waals surface area contributed by atoms with Crippen LogP contribution in [-0.2, 0) is 27.2 Å². The Hall–Kier alpha value is 1.20. The Bertz CT molecular complexity index is 34.7. The van der Waals surface area contributed by atoms with Crippen molar-refractivity contribution in [3.05, 3.63) is 0 Å².